The summed E-state index contributed by atoms with van der Waals surface area (Å²) in [6.45, 7) is -3.04. The predicted molar refractivity (Wildman–Crippen MR) is 109 cm³/mol. The van der Waals surface area contributed by atoms with Gasteiger partial charge in [-0.2, -0.15) is 8.78 Å². The van der Waals surface area contributed by atoms with Crippen molar-refractivity contribution < 1.29 is 45.7 Å². The van der Waals surface area contributed by atoms with Gasteiger partial charge in [0.15, 0.2) is 11.5 Å². The highest BCUT2D eigenvalue weighted by Gasteiger charge is 2.22. The molecule has 0 spiro atoms. The molecule has 1 N–H and O–H groups in total. The van der Waals surface area contributed by atoms with E-state index in [1.165, 1.54) is 51.7 Å². The molecule has 12 heteroatoms. The summed E-state index contributed by atoms with van der Waals surface area (Å²) in [6, 6.07) is 7.90. The molecule has 2 rings (SSSR count). The Hall–Kier alpha value is -2.96. The second kappa shape index (κ2) is 11.6. The lowest BCUT2D eigenvalue weighted by Gasteiger charge is -2.13. The van der Waals surface area contributed by atoms with Crippen LogP contribution in [0.4, 0.5) is 8.78 Å². The molecule has 0 aliphatic rings. The van der Waals surface area contributed by atoms with Gasteiger partial charge in [0.1, 0.15) is 17.3 Å². The van der Waals surface area contributed by atoms with Crippen molar-refractivity contribution in [3.63, 3.8) is 0 Å². The zero-order valence-corrected chi connectivity index (χ0v) is 18.4. The Kier molecular flexibility index (Phi) is 9.17. The van der Waals surface area contributed by atoms with Gasteiger partial charge in [0.2, 0.25) is 10.0 Å². The van der Waals surface area contributed by atoms with Crippen molar-refractivity contribution >= 4 is 16.0 Å². The number of sulfonamides is 1. The quantitative estimate of drug-likeness (QED) is 0.369. The molecule has 32 heavy (non-hydrogen) atoms. The molecule has 2 aromatic carbocycles. The number of ether oxygens (including phenoxy) is 5. The fourth-order valence-corrected chi connectivity index (χ4v) is 3.80. The average molecular weight is 475 g/mol. The number of rotatable bonds is 12. The Morgan fingerprint density at radius 3 is 2.31 bits per heavy atom. The van der Waals surface area contributed by atoms with Crippen molar-refractivity contribution in [1.82, 2.24) is 4.72 Å². The second-order valence-corrected chi connectivity index (χ2v) is 7.93. The Balaban J connectivity index is 2.17. The molecule has 0 aliphatic carbocycles. The van der Waals surface area contributed by atoms with Crippen molar-refractivity contribution in [2.24, 2.45) is 0 Å². The summed E-state index contributed by atoms with van der Waals surface area (Å²) in [6.07, 6.45) is 0. The number of hydrogen-bond donors (Lipinski definition) is 1. The fourth-order valence-electron chi connectivity index (χ4n) is 2.60. The maximum atomic E-state index is 12.5. The van der Waals surface area contributed by atoms with E-state index in [1.807, 2.05) is 0 Å². The summed E-state index contributed by atoms with van der Waals surface area (Å²) in [5, 5.41) is 0. The molecule has 0 aliphatic heterocycles. The Morgan fingerprint density at radius 2 is 1.69 bits per heavy atom. The highest BCUT2D eigenvalue weighted by atomic mass is 32.2. The smallest absolute Gasteiger partial charge is 0.387 e. The standard InChI is InChI=1S/C20H23F2NO8S/c1-27-9-8-23-32(25,26)18-11-14(5-7-16(18)28-2)19(24)30-12-13-4-6-15(31-20(21)22)17(10-13)29-3/h4-7,10-11,20,23H,8-9,12H2,1-3H3. The van der Waals surface area contributed by atoms with E-state index in [2.05, 4.69) is 9.46 Å². The minimum atomic E-state index is -3.98. The van der Waals surface area contributed by atoms with Gasteiger partial charge in [-0.1, -0.05) is 6.07 Å². The maximum absolute atomic E-state index is 12.5. The maximum Gasteiger partial charge on any atom is 0.387 e. The van der Waals surface area contributed by atoms with Crippen LogP contribution in [0.5, 0.6) is 17.2 Å². The summed E-state index contributed by atoms with van der Waals surface area (Å²) in [5.41, 5.74) is 0.418. The predicted octanol–water partition coefficient (Wildman–Crippen LogP) is 2.59. The summed E-state index contributed by atoms with van der Waals surface area (Å²) in [4.78, 5) is 12.2. The van der Waals surface area contributed by atoms with Crippen LogP contribution in [-0.4, -0.2) is 55.5 Å². The fraction of sp³-hybridized carbons (Fsp3) is 0.350. The third-order valence-electron chi connectivity index (χ3n) is 4.10. The van der Waals surface area contributed by atoms with Gasteiger partial charge in [-0.05, 0) is 35.9 Å². The van der Waals surface area contributed by atoms with Gasteiger partial charge in [-0.15, -0.1) is 0 Å². The Labute approximate surface area is 184 Å². The molecule has 0 saturated heterocycles. The molecule has 176 valence electrons. The minimum Gasteiger partial charge on any atom is -0.495 e. The van der Waals surface area contributed by atoms with Crippen LogP contribution in [0.3, 0.4) is 0 Å². The number of hydrogen-bond acceptors (Lipinski definition) is 8. The number of halogens is 2. The molecule has 0 radical (unpaired) electrons. The summed E-state index contributed by atoms with van der Waals surface area (Å²) < 4.78 is 76.7. The van der Waals surface area contributed by atoms with Crippen LogP contribution in [0.25, 0.3) is 0 Å². The summed E-state index contributed by atoms with van der Waals surface area (Å²) >= 11 is 0. The molecule has 0 unspecified atom stereocenters. The number of alkyl halides is 2. The first-order valence-corrected chi connectivity index (χ1v) is 10.7. The van der Waals surface area contributed by atoms with Gasteiger partial charge in [0.05, 0.1) is 26.4 Å². The van der Waals surface area contributed by atoms with Crippen LogP contribution in [0.2, 0.25) is 0 Å². The number of esters is 1. The van der Waals surface area contributed by atoms with Gasteiger partial charge in [0, 0.05) is 13.7 Å². The largest absolute Gasteiger partial charge is 0.495 e. The van der Waals surface area contributed by atoms with Gasteiger partial charge in [0.25, 0.3) is 0 Å². The highest BCUT2D eigenvalue weighted by molar-refractivity contribution is 7.89. The first-order chi connectivity index (χ1) is 15.2. The van der Waals surface area contributed by atoms with Crippen LogP contribution in [0, 0.1) is 0 Å². The van der Waals surface area contributed by atoms with E-state index in [1.54, 1.807) is 0 Å². The van der Waals surface area contributed by atoms with E-state index >= 15 is 0 Å². The van der Waals surface area contributed by atoms with Gasteiger partial charge in [-0.25, -0.2) is 17.9 Å². The van der Waals surface area contributed by atoms with E-state index in [-0.39, 0.29) is 47.5 Å². The first-order valence-electron chi connectivity index (χ1n) is 9.17. The van der Waals surface area contributed by atoms with Crippen molar-refractivity contribution in [3.8, 4) is 17.2 Å². The summed E-state index contributed by atoms with van der Waals surface area (Å²) in [7, 11) is 0.0375. The minimum absolute atomic E-state index is 0.0254. The SMILES string of the molecule is COCCNS(=O)(=O)c1cc(C(=O)OCc2ccc(OC(F)F)c(OC)c2)ccc1OC. The highest BCUT2D eigenvalue weighted by Crippen LogP contribution is 2.30. The molecule has 0 bridgehead atoms. The number of carbonyl (C=O) groups is 1. The van der Waals surface area contributed by atoms with Crippen LogP contribution in [-0.2, 0) is 26.1 Å². The molecule has 9 nitrogen and oxygen atoms in total. The van der Waals surface area contributed by atoms with Crippen LogP contribution in [0.15, 0.2) is 41.3 Å². The number of nitrogens with one attached hydrogen (secondary N) is 1. The molecular formula is C20H23F2NO8S. The van der Waals surface area contributed by atoms with Crippen LogP contribution in [0.1, 0.15) is 15.9 Å². The molecule has 0 fully saturated rings. The van der Waals surface area contributed by atoms with Gasteiger partial charge in [-0.3, -0.25) is 0 Å². The van der Waals surface area contributed by atoms with Gasteiger partial charge >= 0.3 is 12.6 Å². The van der Waals surface area contributed by atoms with E-state index in [4.69, 9.17) is 18.9 Å². The third-order valence-corrected chi connectivity index (χ3v) is 5.58. The lowest BCUT2D eigenvalue weighted by Crippen LogP contribution is -2.27. The van der Waals surface area contributed by atoms with Crippen molar-refractivity contribution in [2.75, 3.05) is 34.5 Å². The molecule has 0 atom stereocenters. The number of methoxy groups -OCH3 is 3. The van der Waals surface area contributed by atoms with E-state index in [0.717, 1.165) is 6.07 Å². The molecule has 0 amide bonds. The van der Waals surface area contributed by atoms with Crippen molar-refractivity contribution in [2.45, 2.75) is 18.1 Å². The Morgan fingerprint density at radius 1 is 1.00 bits per heavy atom. The first kappa shape index (κ1) is 25.3. The lowest BCUT2D eigenvalue weighted by atomic mass is 10.2. The zero-order valence-electron chi connectivity index (χ0n) is 17.6. The monoisotopic (exact) mass is 475 g/mol. The van der Waals surface area contributed by atoms with Crippen molar-refractivity contribution in [3.05, 3.63) is 47.5 Å². The average Bonchev–Trinajstić information content (AvgIpc) is 2.77. The number of benzene rings is 2. The van der Waals surface area contributed by atoms with Crippen molar-refractivity contribution in [1.29, 1.82) is 0 Å². The molecule has 0 heterocycles. The van der Waals surface area contributed by atoms with Crippen LogP contribution >= 0.6 is 0 Å². The Bertz CT molecular complexity index is 1030. The molecular weight excluding hydrogens is 452 g/mol. The summed E-state index contributed by atoms with van der Waals surface area (Å²) in [5.74, 6) is -0.874. The normalized spacial score (nSPS) is 11.3. The number of carbonyl (C=O) groups excluding carboxylic acids is 1. The van der Waals surface area contributed by atoms with E-state index in [0.29, 0.717) is 5.56 Å². The zero-order chi connectivity index (χ0) is 23.7. The van der Waals surface area contributed by atoms with E-state index < -0.39 is 22.6 Å². The second-order valence-electron chi connectivity index (χ2n) is 6.20. The molecule has 2 aromatic rings. The van der Waals surface area contributed by atoms with Gasteiger partial charge < -0.3 is 23.7 Å². The molecule has 0 saturated carbocycles. The molecule has 0 aromatic heterocycles. The van der Waals surface area contributed by atoms with E-state index in [9.17, 15) is 22.0 Å². The topological polar surface area (TPSA) is 109 Å². The third kappa shape index (κ3) is 6.77. The lowest BCUT2D eigenvalue weighted by molar-refractivity contribution is -0.0512. The van der Waals surface area contributed by atoms with Crippen LogP contribution < -0.4 is 18.9 Å².